The zero-order valence-corrected chi connectivity index (χ0v) is 7.51. The Bertz CT molecular complexity index is 251. The van der Waals surface area contributed by atoms with E-state index >= 15 is 0 Å². The predicted octanol–water partition coefficient (Wildman–Crippen LogP) is -0.367. The highest BCUT2D eigenvalue weighted by atomic mass is 32.1. The predicted molar refractivity (Wildman–Crippen MR) is 44.8 cm³/mol. The number of nitrogens with zero attached hydrogens (tertiary/aromatic N) is 1. The maximum Gasteiger partial charge on any atom is 0.242 e. The summed E-state index contributed by atoms with van der Waals surface area (Å²) in [5.74, 6) is -0.868. The van der Waals surface area contributed by atoms with Crippen LogP contribution in [0.25, 0.3) is 0 Å². The molecule has 2 amide bonds. The maximum absolute atomic E-state index is 11.1. The molecule has 0 saturated carbocycles. The first kappa shape index (κ1) is 9.25. The van der Waals surface area contributed by atoms with Crippen LogP contribution in [0, 0.1) is 0 Å². The van der Waals surface area contributed by atoms with E-state index in [0.717, 1.165) is 4.90 Å². The second-order valence-corrected chi connectivity index (χ2v) is 3.36. The third-order valence-corrected chi connectivity index (χ3v) is 2.00. The Hall–Kier alpha value is -0.840. The van der Waals surface area contributed by atoms with E-state index < -0.39 is 5.25 Å². The molecule has 66 valence electrons. The maximum atomic E-state index is 11.1. The fraction of sp³-hybridized carbons (Fsp3) is 0.571. The highest BCUT2D eigenvalue weighted by Gasteiger charge is 2.36. The lowest BCUT2D eigenvalue weighted by Crippen LogP contribution is -2.34. The molecule has 1 aliphatic heterocycles. The first-order valence-corrected chi connectivity index (χ1v) is 4.05. The Morgan fingerprint density at radius 1 is 1.67 bits per heavy atom. The lowest BCUT2D eigenvalue weighted by molar-refractivity contribution is -0.141. The van der Waals surface area contributed by atoms with Gasteiger partial charge in [-0.2, -0.15) is 12.6 Å². The first-order valence-electron chi connectivity index (χ1n) is 3.54. The number of hydrogen-bond donors (Lipinski definition) is 1. The van der Waals surface area contributed by atoms with Crippen LogP contribution in [-0.4, -0.2) is 34.3 Å². The van der Waals surface area contributed by atoms with Crippen molar-refractivity contribution in [3.8, 4) is 0 Å². The number of Topliss-reactive ketones (excluding diaryl/α,β-unsaturated/α-hetero) is 1. The van der Waals surface area contributed by atoms with Gasteiger partial charge in [0.25, 0.3) is 0 Å². The molecule has 12 heavy (non-hydrogen) atoms. The van der Waals surface area contributed by atoms with Gasteiger partial charge in [0, 0.05) is 6.42 Å². The number of thiol groups is 1. The van der Waals surface area contributed by atoms with Gasteiger partial charge in [-0.25, -0.2) is 0 Å². The second kappa shape index (κ2) is 3.26. The SMILES string of the molecule is CC(=O)CN1C(=O)CC(S)C1=O. The number of amides is 2. The van der Waals surface area contributed by atoms with E-state index in [2.05, 4.69) is 12.6 Å². The van der Waals surface area contributed by atoms with E-state index in [1.807, 2.05) is 0 Å². The van der Waals surface area contributed by atoms with Crippen LogP contribution in [0.15, 0.2) is 0 Å². The van der Waals surface area contributed by atoms with E-state index in [-0.39, 0.29) is 30.6 Å². The minimum Gasteiger partial charge on any atom is -0.298 e. The summed E-state index contributed by atoms with van der Waals surface area (Å²) in [5, 5.41) is -0.558. The van der Waals surface area contributed by atoms with Gasteiger partial charge in [-0.15, -0.1) is 0 Å². The van der Waals surface area contributed by atoms with Crippen LogP contribution >= 0.6 is 12.6 Å². The van der Waals surface area contributed by atoms with Gasteiger partial charge in [-0.1, -0.05) is 0 Å². The van der Waals surface area contributed by atoms with Crippen LogP contribution in [0.2, 0.25) is 0 Å². The number of hydrogen-bond acceptors (Lipinski definition) is 4. The molecule has 1 atom stereocenters. The second-order valence-electron chi connectivity index (χ2n) is 2.74. The van der Waals surface area contributed by atoms with Crippen LogP contribution in [0.1, 0.15) is 13.3 Å². The summed E-state index contributed by atoms with van der Waals surface area (Å²) < 4.78 is 0. The number of carbonyl (C=O) groups is 3. The van der Waals surface area contributed by atoms with Crippen molar-refractivity contribution in [2.45, 2.75) is 18.6 Å². The number of carbonyl (C=O) groups excluding carboxylic acids is 3. The van der Waals surface area contributed by atoms with Crippen molar-refractivity contribution >= 4 is 30.2 Å². The lowest BCUT2D eigenvalue weighted by Gasteiger charge is -2.10. The fourth-order valence-electron chi connectivity index (χ4n) is 1.05. The largest absolute Gasteiger partial charge is 0.298 e. The highest BCUT2D eigenvalue weighted by Crippen LogP contribution is 2.16. The van der Waals surface area contributed by atoms with Crippen molar-refractivity contribution < 1.29 is 14.4 Å². The van der Waals surface area contributed by atoms with Gasteiger partial charge in [0.1, 0.15) is 5.78 Å². The van der Waals surface area contributed by atoms with Gasteiger partial charge in [0.15, 0.2) is 0 Å². The van der Waals surface area contributed by atoms with Gasteiger partial charge in [0.2, 0.25) is 11.8 Å². The van der Waals surface area contributed by atoms with E-state index in [9.17, 15) is 14.4 Å². The summed E-state index contributed by atoms with van der Waals surface area (Å²) in [7, 11) is 0. The highest BCUT2D eigenvalue weighted by molar-refractivity contribution is 7.81. The number of likely N-dealkylation sites (tertiary alicyclic amines) is 1. The molecule has 1 unspecified atom stereocenters. The first-order chi connectivity index (χ1) is 5.52. The Morgan fingerprint density at radius 3 is 2.58 bits per heavy atom. The van der Waals surface area contributed by atoms with Crippen molar-refractivity contribution in [1.82, 2.24) is 4.90 Å². The van der Waals surface area contributed by atoms with E-state index in [4.69, 9.17) is 0 Å². The number of rotatable bonds is 2. The van der Waals surface area contributed by atoms with Crippen LogP contribution < -0.4 is 0 Å². The zero-order valence-electron chi connectivity index (χ0n) is 6.61. The van der Waals surface area contributed by atoms with Gasteiger partial charge < -0.3 is 0 Å². The van der Waals surface area contributed by atoms with Gasteiger partial charge >= 0.3 is 0 Å². The van der Waals surface area contributed by atoms with Crippen LogP contribution in [0.4, 0.5) is 0 Å². The average Bonchev–Trinajstić information content (AvgIpc) is 2.16. The van der Waals surface area contributed by atoms with E-state index in [0.29, 0.717) is 0 Å². The normalized spacial score (nSPS) is 23.5. The fourth-order valence-corrected chi connectivity index (χ4v) is 1.35. The molecule has 0 aromatic carbocycles. The van der Waals surface area contributed by atoms with Crippen LogP contribution in [0.5, 0.6) is 0 Å². The van der Waals surface area contributed by atoms with Crippen LogP contribution in [0.3, 0.4) is 0 Å². The molecule has 1 heterocycles. The number of imide groups is 1. The van der Waals surface area contributed by atoms with Gasteiger partial charge in [-0.3, -0.25) is 19.3 Å². The smallest absolute Gasteiger partial charge is 0.242 e. The Kier molecular flexibility index (Phi) is 2.52. The zero-order chi connectivity index (χ0) is 9.30. The molecule has 1 rings (SSSR count). The number of ketones is 1. The quantitative estimate of drug-likeness (QED) is 0.474. The summed E-state index contributed by atoms with van der Waals surface area (Å²) in [5.41, 5.74) is 0. The summed E-state index contributed by atoms with van der Waals surface area (Å²) in [6, 6.07) is 0. The summed E-state index contributed by atoms with van der Waals surface area (Å²) in [6.07, 6.45) is 0.106. The molecule has 5 heteroatoms. The van der Waals surface area contributed by atoms with Gasteiger partial charge in [-0.05, 0) is 6.92 Å². The van der Waals surface area contributed by atoms with Crippen molar-refractivity contribution in [1.29, 1.82) is 0 Å². The molecule has 0 spiro atoms. The molecule has 4 nitrogen and oxygen atoms in total. The molecule has 1 saturated heterocycles. The lowest BCUT2D eigenvalue weighted by atomic mass is 10.4. The molecule has 1 fully saturated rings. The molecular weight excluding hydrogens is 178 g/mol. The molecule has 0 aliphatic carbocycles. The van der Waals surface area contributed by atoms with E-state index in [1.165, 1.54) is 6.92 Å². The van der Waals surface area contributed by atoms with Crippen molar-refractivity contribution in [3.05, 3.63) is 0 Å². The average molecular weight is 187 g/mol. The summed E-state index contributed by atoms with van der Waals surface area (Å²) >= 11 is 3.90. The molecule has 0 aromatic heterocycles. The third-order valence-electron chi connectivity index (χ3n) is 1.60. The molecule has 0 radical (unpaired) electrons. The summed E-state index contributed by atoms with van der Waals surface area (Å²) in [6.45, 7) is 1.22. The van der Waals surface area contributed by atoms with Gasteiger partial charge in [0.05, 0.1) is 11.8 Å². The molecule has 0 bridgehead atoms. The molecular formula is C7H9NO3S. The molecule has 1 aliphatic rings. The minimum atomic E-state index is -0.558. The van der Waals surface area contributed by atoms with Crippen molar-refractivity contribution in [3.63, 3.8) is 0 Å². The van der Waals surface area contributed by atoms with Crippen molar-refractivity contribution in [2.24, 2.45) is 0 Å². The standard InChI is InChI=1S/C7H9NO3S/c1-4(9)3-8-6(10)2-5(12)7(8)11/h5,12H,2-3H2,1H3. The Morgan fingerprint density at radius 2 is 2.25 bits per heavy atom. The van der Waals surface area contributed by atoms with Crippen LogP contribution in [-0.2, 0) is 14.4 Å². The Labute approximate surface area is 75.3 Å². The topological polar surface area (TPSA) is 54.5 Å². The van der Waals surface area contributed by atoms with Crippen molar-refractivity contribution in [2.75, 3.05) is 6.54 Å². The Balaban J connectivity index is 2.70. The monoisotopic (exact) mass is 187 g/mol. The summed E-state index contributed by atoms with van der Waals surface area (Å²) in [4.78, 5) is 33.7. The molecule has 0 N–H and O–H groups in total. The molecule has 0 aromatic rings. The minimum absolute atomic E-state index is 0.106. The third kappa shape index (κ3) is 1.66. The van der Waals surface area contributed by atoms with E-state index in [1.54, 1.807) is 0 Å².